The van der Waals surface area contributed by atoms with Crippen molar-refractivity contribution in [2.45, 2.75) is 30.6 Å². The van der Waals surface area contributed by atoms with Gasteiger partial charge in [0.15, 0.2) is 0 Å². The van der Waals surface area contributed by atoms with Crippen molar-refractivity contribution in [3.8, 4) is 0 Å². The number of nitrogens with one attached hydrogen (secondary N) is 1. The standard InChI is InChI=1S/C13H17ClN2O5S2/c1-13(2,3)21-12(18)16-6-8(7-16)11(17)15-23(19,20)10-5-4-9(14)22-10/h4-5,8H,6-7H2,1-3H3,(H,15,17). The Morgan fingerprint density at radius 2 is 1.96 bits per heavy atom. The van der Waals surface area contributed by atoms with Gasteiger partial charge in [-0.05, 0) is 32.9 Å². The normalized spacial score (nSPS) is 15.9. The zero-order valence-corrected chi connectivity index (χ0v) is 15.2. The summed E-state index contributed by atoms with van der Waals surface area (Å²) in [6.07, 6.45) is -0.519. The number of sulfonamides is 1. The van der Waals surface area contributed by atoms with E-state index in [-0.39, 0.29) is 17.3 Å². The van der Waals surface area contributed by atoms with Crippen LogP contribution in [-0.2, 0) is 19.6 Å². The fraction of sp³-hybridized carbons (Fsp3) is 0.538. The maximum absolute atomic E-state index is 12.0. The number of amides is 2. The molecule has 2 rings (SSSR count). The first-order valence-electron chi connectivity index (χ1n) is 6.78. The summed E-state index contributed by atoms with van der Waals surface area (Å²) in [4.78, 5) is 25.1. The number of carbonyl (C=O) groups is 2. The van der Waals surface area contributed by atoms with Gasteiger partial charge in [0, 0.05) is 13.1 Å². The SMILES string of the molecule is CC(C)(C)OC(=O)N1CC(C(=O)NS(=O)(=O)c2ccc(Cl)s2)C1. The Balaban J connectivity index is 1.88. The van der Waals surface area contributed by atoms with E-state index in [1.54, 1.807) is 20.8 Å². The van der Waals surface area contributed by atoms with Gasteiger partial charge >= 0.3 is 6.09 Å². The third kappa shape index (κ3) is 4.58. The number of ether oxygens (including phenoxy) is 1. The van der Waals surface area contributed by atoms with Gasteiger partial charge in [-0.25, -0.2) is 17.9 Å². The predicted octanol–water partition coefficient (Wildman–Crippen LogP) is 2.07. The molecule has 1 N–H and O–H groups in total. The summed E-state index contributed by atoms with van der Waals surface area (Å²) in [6.45, 7) is 5.48. The lowest BCUT2D eigenvalue weighted by molar-refractivity contribution is -0.127. The van der Waals surface area contributed by atoms with Crippen LogP contribution < -0.4 is 4.72 Å². The Morgan fingerprint density at radius 3 is 2.43 bits per heavy atom. The van der Waals surface area contributed by atoms with Crippen LogP contribution in [0, 0.1) is 5.92 Å². The summed E-state index contributed by atoms with van der Waals surface area (Å²) in [7, 11) is -3.93. The molecule has 128 valence electrons. The van der Waals surface area contributed by atoms with Crippen molar-refractivity contribution in [2.24, 2.45) is 5.92 Å². The van der Waals surface area contributed by atoms with E-state index in [0.29, 0.717) is 4.34 Å². The summed E-state index contributed by atoms with van der Waals surface area (Å²) in [5.41, 5.74) is -0.619. The molecule has 1 fully saturated rings. The second kappa shape index (κ2) is 6.29. The third-order valence-corrected chi connectivity index (χ3v) is 6.02. The minimum absolute atomic E-state index is 0.0285. The van der Waals surface area contributed by atoms with Gasteiger partial charge in [0.2, 0.25) is 5.91 Å². The number of nitrogens with zero attached hydrogens (tertiary/aromatic N) is 1. The van der Waals surface area contributed by atoms with Crippen LogP contribution in [0.1, 0.15) is 20.8 Å². The van der Waals surface area contributed by atoms with Crippen molar-refractivity contribution in [2.75, 3.05) is 13.1 Å². The molecule has 0 spiro atoms. The van der Waals surface area contributed by atoms with Crippen LogP contribution in [0.3, 0.4) is 0 Å². The molecule has 0 aliphatic carbocycles. The first-order valence-corrected chi connectivity index (χ1v) is 9.45. The largest absolute Gasteiger partial charge is 0.444 e. The van der Waals surface area contributed by atoms with Gasteiger partial charge in [0.25, 0.3) is 10.0 Å². The van der Waals surface area contributed by atoms with E-state index >= 15 is 0 Å². The van der Waals surface area contributed by atoms with E-state index in [2.05, 4.69) is 0 Å². The Morgan fingerprint density at radius 1 is 1.35 bits per heavy atom. The molecule has 0 unspecified atom stereocenters. The molecule has 0 radical (unpaired) electrons. The Hall–Kier alpha value is -1.32. The zero-order valence-electron chi connectivity index (χ0n) is 12.8. The zero-order chi connectivity index (χ0) is 17.4. The molecule has 7 nitrogen and oxygen atoms in total. The molecule has 0 saturated carbocycles. The monoisotopic (exact) mass is 380 g/mol. The Bertz CT molecular complexity index is 717. The van der Waals surface area contributed by atoms with Gasteiger partial charge in [-0.2, -0.15) is 0 Å². The number of thiophene rings is 1. The smallest absolute Gasteiger partial charge is 0.410 e. The minimum Gasteiger partial charge on any atom is -0.444 e. The fourth-order valence-electron chi connectivity index (χ4n) is 1.83. The molecule has 0 aromatic carbocycles. The maximum Gasteiger partial charge on any atom is 0.410 e. The van der Waals surface area contributed by atoms with Crippen LogP contribution in [0.25, 0.3) is 0 Å². The third-order valence-electron chi connectivity index (χ3n) is 2.95. The van der Waals surface area contributed by atoms with E-state index in [1.165, 1.54) is 17.0 Å². The first-order chi connectivity index (χ1) is 10.5. The van der Waals surface area contributed by atoms with Gasteiger partial charge in [0.1, 0.15) is 9.81 Å². The molecule has 1 aromatic rings. The Labute approximate surface area is 143 Å². The van der Waals surface area contributed by atoms with Crippen molar-refractivity contribution in [1.82, 2.24) is 9.62 Å². The molecular weight excluding hydrogens is 364 g/mol. The highest BCUT2D eigenvalue weighted by atomic mass is 35.5. The molecule has 1 aliphatic rings. The average molecular weight is 381 g/mol. The molecule has 0 bridgehead atoms. The number of hydrogen-bond donors (Lipinski definition) is 1. The fourth-order valence-corrected chi connectivity index (χ4v) is 4.35. The summed E-state index contributed by atoms with van der Waals surface area (Å²) in [6, 6.07) is 2.77. The van der Waals surface area contributed by atoms with Gasteiger partial charge < -0.3 is 9.64 Å². The van der Waals surface area contributed by atoms with E-state index in [4.69, 9.17) is 16.3 Å². The molecule has 2 heterocycles. The molecule has 1 saturated heterocycles. The second-order valence-corrected chi connectivity index (χ2v) is 9.73. The van der Waals surface area contributed by atoms with Gasteiger partial charge in [-0.15, -0.1) is 11.3 Å². The van der Waals surface area contributed by atoms with Crippen molar-refractivity contribution >= 4 is 45.0 Å². The average Bonchev–Trinajstić information content (AvgIpc) is 2.71. The number of hydrogen-bond acceptors (Lipinski definition) is 6. The molecule has 10 heteroatoms. The van der Waals surface area contributed by atoms with Crippen molar-refractivity contribution < 1.29 is 22.7 Å². The van der Waals surface area contributed by atoms with Crippen LogP contribution in [0.15, 0.2) is 16.3 Å². The summed E-state index contributed by atoms with van der Waals surface area (Å²) in [5, 5.41) is 0. The molecule has 23 heavy (non-hydrogen) atoms. The summed E-state index contributed by atoms with van der Waals surface area (Å²) in [5.74, 6) is -1.22. The van der Waals surface area contributed by atoms with E-state index < -0.39 is 33.5 Å². The van der Waals surface area contributed by atoms with Gasteiger partial charge in [-0.3, -0.25) is 4.79 Å². The van der Waals surface area contributed by atoms with Crippen LogP contribution in [-0.4, -0.2) is 44.0 Å². The highest BCUT2D eigenvalue weighted by molar-refractivity contribution is 7.92. The van der Waals surface area contributed by atoms with Gasteiger partial charge in [0.05, 0.1) is 10.3 Å². The number of halogens is 1. The molecule has 2 amide bonds. The predicted molar refractivity (Wildman–Crippen MR) is 86.0 cm³/mol. The number of rotatable bonds is 3. The lowest BCUT2D eigenvalue weighted by atomic mass is 10.0. The summed E-state index contributed by atoms with van der Waals surface area (Å²) >= 11 is 6.56. The number of likely N-dealkylation sites (tertiary alicyclic amines) is 1. The number of carbonyl (C=O) groups excluding carboxylic acids is 2. The molecule has 1 aliphatic heterocycles. The summed E-state index contributed by atoms with van der Waals surface area (Å²) < 4.78 is 31.5. The van der Waals surface area contributed by atoms with Crippen molar-refractivity contribution in [3.05, 3.63) is 16.5 Å². The lowest BCUT2D eigenvalue weighted by Gasteiger charge is -2.38. The lowest BCUT2D eigenvalue weighted by Crippen LogP contribution is -2.57. The van der Waals surface area contributed by atoms with Crippen molar-refractivity contribution in [3.63, 3.8) is 0 Å². The second-order valence-electron chi connectivity index (χ2n) is 6.11. The quantitative estimate of drug-likeness (QED) is 0.866. The van der Waals surface area contributed by atoms with Crippen LogP contribution in [0.5, 0.6) is 0 Å². The van der Waals surface area contributed by atoms with Gasteiger partial charge in [-0.1, -0.05) is 11.6 Å². The van der Waals surface area contributed by atoms with E-state index in [1.807, 2.05) is 4.72 Å². The van der Waals surface area contributed by atoms with Crippen LogP contribution >= 0.6 is 22.9 Å². The van der Waals surface area contributed by atoms with Crippen LogP contribution in [0.2, 0.25) is 4.34 Å². The molecule has 0 atom stereocenters. The van der Waals surface area contributed by atoms with Crippen molar-refractivity contribution in [1.29, 1.82) is 0 Å². The van der Waals surface area contributed by atoms with E-state index in [9.17, 15) is 18.0 Å². The van der Waals surface area contributed by atoms with Crippen LogP contribution in [0.4, 0.5) is 4.79 Å². The Kier molecular flexibility index (Phi) is 4.93. The topological polar surface area (TPSA) is 92.8 Å². The maximum atomic E-state index is 12.0. The minimum atomic E-state index is -3.93. The first kappa shape index (κ1) is 18.0. The van der Waals surface area contributed by atoms with E-state index in [0.717, 1.165) is 11.3 Å². The highest BCUT2D eigenvalue weighted by Crippen LogP contribution is 2.26. The highest BCUT2D eigenvalue weighted by Gasteiger charge is 2.39. The molecular formula is C13H17ClN2O5S2. The molecule has 1 aromatic heterocycles.